The van der Waals surface area contributed by atoms with Gasteiger partial charge in [0.05, 0.1) is 5.75 Å². The van der Waals surface area contributed by atoms with Crippen LogP contribution in [0.5, 0.6) is 0 Å². The normalized spacial score (nSPS) is 11.5. The van der Waals surface area contributed by atoms with E-state index in [1.165, 1.54) is 0 Å². The van der Waals surface area contributed by atoms with Gasteiger partial charge in [-0.25, -0.2) is 8.42 Å². The zero-order valence-electron chi connectivity index (χ0n) is 10.8. The zero-order chi connectivity index (χ0) is 14.8. The molecule has 0 spiro atoms. The molecule has 0 fully saturated rings. The van der Waals surface area contributed by atoms with Crippen LogP contribution in [-0.2, 0) is 16.4 Å². The van der Waals surface area contributed by atoms with E-state index in [0.29, 0.717) is 11.5 Å². The van der Waals surface area contributed by atoms with Gasteiger partial charge in [0.1, 0.15) is 9.90 Å². The van der Waals surface area contributed by atoms with E-state index in [1.54, 1.807) is 6.92 Å². The third-order valence-electron chi connectivity index (χ3n) is 2.76. The second kappa shape index (κ2) is 6.11. The van der Waals surface area contributed by atoms with Gasteiger partial charge < -0.3 is 11.1 Å². The zero-order valence-corrected chi connectivity index (χ0v) is 14.0. The fourth-order valence-corrected chi connectivity index (χ4v) is 4.26. The van der Waals surface area contributed by atoms with Crippen molar-refractivity contribution in [3.05, 3.63) is 34.3 Å². The van der Waals surface area contributed by atoms with Crippen molar-refractivity contribution in [1.82, 2.24) is 4.37 Å². The number of anilines is 2. The van der Waals surface area contributed by atoms with Gasteiger partial charge in [-0.3, -0.25) is 0 Å². The second-order valence-electron chi connectivity index (χ2n) is 4.07. The Morgan fingerprint density at radius 1 is 1.40 bits per heavy atom. The molecule has 1 aromatic heterocycles. The molecule has 0 aliphatic rings. The highest BCUT2D eigenvalue weighted by molar-refractivity contribution is 9.10. The standard InChI is InChI=1S/C12H14BrN3O2S2/c1-2-20(17,18)10-11(14)16-19-12(10)15-7-8-5-3-4-6-9(8)13/h3-6,15H,2,7H2,1H3,(H2,14,16). The predicted octanol–water partition coefficient (Wildman–Crippen LogP) is 2.89. The Balaban J connectivity index is 2.26. The van der Waals surface area contributed by atoms with Crippen LogP contribution in [0.15, 0.2) is 33.6 Å². The number of sulfone groups is 1. The molecule has 1 heterocycles. The van der Waals surface area contributed by atoms with Gasteiger partial charge in [0.2, 0.25) is 0 Å². The first-order chi connectivity index (χ1) is 9.45. The predicted molar refractivity (Wildman–Crippen MR) is 85.7 cm³/mol. The SMILES string of the molecule is CCS(=O)(=O)c1c(N)nsc1NCc1ccccc1Br. The largest absolute Gasteiger partial charge is 0.382 e. The van der Waals surface area contributed by atoms with Gasteiger partial charge in [0.25, 0.3) is 0 Å². The van der Waals surface area contributed by atoms with Gasteiger partial charge in [-0.1, -0.05) is 41.1 Å². The van der Waals surface area contributed by atoms with Crippen molar-refractivity contribution in [2.75, 3.05) is 16.8 Å². The lowest BCUT2D eigenvalue weighted by Gasteiger charge is -2.08. The van der Waals surface area contributed by atoms with Crippen molar-refractivity contribution in [1.29, 1.82) is 0 Å². The number of hydrogen-bond donors (Lipinski definition) is 2. The summed E-state index contributed by atoms with van der Waals surface area (Å²) in [6, 6.07) is 7.73. The maximum atomic E-state index is 12.0. The summed E-state index contributed by atoms with van der Waals surface area (Å²) in [4.78, 5) is 0.108. The van der Waals surface area contributed by atoms with Crippen LogP contribution in [0.1, 0.15) is 12.5 Å². The van der Waals surface area contributed by atoms with Crippen LogP contribution in [0.4, 0.5) is 10.8 Å². The third kappa shape index (κ3) is 3.13. The van der Waals surface area contributed by atoms with E-state index in [9.17, 15) is 8.42 Å². The van der Waals surface area contributed by atoms with Gasteiger partial charge in [-0.2, -0.15) is 4.37 Å². The molecular formula is C12H14BrN3O2S2. The molecule has 108 valence electrons. The van der Waals surface area contributed by atoms with Crippen molar-refractivity contribution in [3.8, 4) is 0 Å². The van der Waals surface area contributed by atoms with E-state index in [4.69, 9.17) is 5.73 Å². The van der Waals surface area contributed by atoms with E-state index in [0.717, 1.165) is 21.6 Å². The van der Waals surface area contributed by atoms with Crippen molar-refractivity contribution < 1.29 is 8.42 Å². The first kappa shape index (κ1) is 15.3. The van der Waals surface area contributed by atoms with Crippen molar-refractivity contribution in [2.24, 2.45) is 0 Å². The minimum Gasteiger partial charge on any atom is -0.382 e. The first-order valence-electron chi connectivity index (χ1n) is 5.91. The lowest BCUT2D eigenvalue weighted by Crippen LogP contribution is -2.09. The second-order valence-corrected chi connectivity index (χ2v) is 7.92. The van der Waals surface area contributed by atoms with Crippen LogP contribution in [0.2, 0.25) is 0 Å². The maximum absolute atomic E-state index is 12.0. The molecule has 5 nitrogen and oxygen atoms in total. The number of nitrogens with two attached hydrogens (primary N) is 1. The number of benzene rings is 1. The highest BCUT2D eigenvalue weighted by Gasteiger charge is 2.23. The van der Waals surface area contributed by atoms with E-state index in [1.807, 2.05) is 24.3 Å². The molecule has 2 rings (SSSR count). The van der Waals surface area contributed by atoms with E-state index >= 15 is 0 Å². The molecular weight excluding hydrogens is 362 g/mol. The number of rotatable bonds is 5. The highest BCUT2D eigenvalue weighted by Crippen LogP contribution is 2.32. The Kier molecular flexibility index (Phi) is 4.66. The van der Waals surface area contributed by atoms with Gasteiger partial charge in [-0.15, -0.1) is 0 Å². The highest BCUT2D eigenvalue weighted by atomic mass is 79.9. The van der Waals surface area contributed by atoms with E-state index in [-0.39, 0.29) is 16.5 Å². The molecule has 0 bridgehead atoms. The number of aromatic nitrogens is 1. The quantitative estimate of drug-likeness (QED) is 0.838. The van der Waals surface area contributed by atoms with Crippen LogP contribution in [0.25, 0.3) is 0 Å². The van der Waals surface area contributed by atoms with Crippen molar-refractivity contribution >= 4 is 48.1 Å². The average Bonchev–Trinajstić information content (AvgIpc) is 2.80. The van der Waals surface area contributed by atoms with Crippen LogP contribution >= 0.6 is 27.5 Å². The molecule has 0 aliphatic heterocycles. The van der Waals surface area contributed by atoms with Crippen molar-refractivity contribution in [2.45, 2.75) is 18.4 Å². The van der Waals surface area contributed by atoms with Gasteiger partial charge in [-0.05, 0) is 23.2 Å². The maximum Gasteiger partial charge on any atom is 0.184 e. The van der Waals surface area contributed by atoms with Crippen LogP contribution in [0, 0.1) is 0 Å². The van der Waals surface area contributed by atoms with Gasteiger partial charge >= 0.3 is 0 Å². The fraction of sp³-hybridized carbons (Fsp3) is 0.250. The van der Waals surface area contributed by atoms with E-state index < -0.39 is 9.84 Å². The number of nitrogens with zero attached hydrogens (tertiary/aromatic N) is 1. The molecule has 0 radical (unpaired) electrons. The summed E-state index contributed by atoms with van der Waals surface area (Å²) in [6.07, 6.45) is 0. The molecule has 2 aromatic rings. The number of hydrogen-bond acceptors (Lipinski definition) is 6. The van der Waals surface area contributed by atoms with Crippen molar-refractivity contribution in [3.63, 3.8) is 0 Å². The topological polar surface area (TPSA) is 85.1 Å². The monoisotopic (exact) mass is 375 g/mol. The summed E-state index contributed by atoms with van der Waals surface area (Å²) >= 11 is 4.51. The Morgan fingerprint density at radius 3 is 2.75 bits per heavy atom. The average molecular weight is 376 g/mol. The molecule has 0 saturated heterocycles. The Bertz CT molecular complexity index is 713. The molecule has 0 amide bonds. The smallest absolute Gasteiger partial charge is 0.184 e. The number of nitrogens with one attached hydrogen (secondary N) is 1. The number of nitrogen functional groups attached to an aromatic ring is 1. The van der Waals surface area contributed by atoms with Crippen LogP contribution < -0.4 is 11.1 Å². The Hall–Kier alpha value is -1.12. The van der Waals surface area contributed by atoms with Crippen LogP contribution in [0.3, 0.4) is 0 Å². The summed E-state index contributed by atoms with van der Waals surface area (Å²) in [7, 11) is -3.38. The summed E-state index contributed by atoms with van der Waals surface area (Å²) in [5, 5.41) is 3.58. The molecule has 8 heteroatoms. The molecule has 3 N–H and O–H groups in total. The third-order valence-corrected chi connectivity index (χ3v) is 6.28. The Morgan fingerprint density at radius 2 is 2.10 bits per heavy atom. The molecule has 0 aliphatic carbocycles. The van der Waals surface area contributed by atoms with Gasteiger partial charge in [0, 0.05) is 11.0 Å². The first-order valence-corrected chi connectivity index (χ1v) is 9.12. The molecule has 20 heavy (non-hydrogen) atoms. The van der Waals surface area contributed by atoms with E-state index in [2.05, 4.69) is 25.6 Å². The van der Waals surface area contributed by atoms with Crippen LogP contribution in [-0.4, -0.2) is 18.5 Å². The number of halogens is 1. The summed E-state index contributed by atoms with van der Waals surface area (Å²) in [6.45, 7) is 2.08. The summed E-state index contributed by atoms with van der Waals surface area (Å²) in [5.74, 6) is 0.0609. The minimum absolute atomic E-state index is 0.000670. The molecule has 0 atom stereocenters. The molecule has 1 aromatic carbocycles. The Labute approximate surface area is 130 Å². The summed E-state index contributed by atoms with van der Waals surface area (Å²) in [5.41, 5.74) is 6.70. The molecule has 0 unspecified atom stereocenters. The lowest BCUT2D eigenvalue weighted by molar-refractivity contribution is 0.598. The minimum atomic E-state index is -3.38. The fourth-order valence-electron chi connectivity index (χ4n) is 1.67. The van der Waals surface area contributed by atoms with Gasteiger partial charge in [0.15, 0.2) is 15.7 Å². The molecule has 0 saturated carbocycles. The summed E-state index contributed by atoms with van der Waals surface area (Å²) < 4.78 is 28.9. The lowest BCUT2D eigenvalue weighted by atomic mass is 10.2.